The van der Waals surface area contributed by atoms with Crippen LogP contribution in [0.4, 0.5) is 5.69 Å². The zero-order valence-electron chi connectivity index (χ0n) is 13.6. The zero-order chi connectivity index (χ0) is 17.4. The maximum Gasteiger partial charge on any atom is 0.331 e. The van der Waals surface area contributed by atoms with E-state index in [4.69, 9.17) is 4.74 Å². The van der Waals surface area contributed by atoms with Gasteiger partial charge in [-0.15, -0.1) is 0 Å². The van der Waals surface area contributed by atoms with E-state index in [-0.39, 0.29) is 12.5 Å². The predicted molar refractivity (Wildman–Crippen MR) is 96.9 cm³/mol. The van der Waals surface area contributed by atoms with E-state index in [1.165, 1.54) is 17.8 Å². The highest BCUT2D eigenvalue weighted by molar-refractivity contribution is 8.02. The minimum Gasteiger partial charge on any atom is -0.452 e. The molecule has 0 saturated carbocycles. The van der Waals surface area contributed by atoms with Crippen LogP contribution in [0, 0.1) is 13.8 Å². The molecule has 0 fully saturated rings. The molecule has 0 saturated heterocycles. The summed E-state index contributed by atoms with van der Waals surface area (Å²) in [5.41, 5.74) is 2.81. The molecule has 24 heavy (non-hydrogen) atoms. The quantitative estimate of drug-likeness (QED) is 0.488. The van der Waals surface area contributed by atoms with E-state index in [0.717, 1.165) is 21.7 Å². The lowest BCUT2D eigenvalue weighted by Gasteiger charge is -2.10. The summed E-state index contributed by atoms with van der Waals surface area (Å²) < 4.78 is 4.93. The smallest absolute Gasteiger partial charge is 0.331 e. The molecule has 0 atom stereocenters. The number of hydrogen-bond acceptors (Lipinski definition) is 4. The Morgan fingerprint density at radius 3 is 2.58 bits per heavy atom. The van der Waals surface area contributed by atoms with E-state index in [1.54, 1.807) is 5.41 Å². The van der Waals surface area contributed by atoms with Crippen molar-refractivity contribution in [2.45, 2.75) is 18.7 Å². The Hall–Kier alpha value is -2.53. The van der Waals surface area contributed by atoms with Gasteiger partial charge in [0.25, 0.3) is 5.91 Å². The van der Waals surface area contributed by atoms with E-state index in [2.05, 4.69) is 5.32 Å². The molecule has 0 unspecified atom stereocenters. The Morgan fingerprint density at radius 2 is 1.83 bits per heavy atom. The highest BCUT2D eigenvalue weighted by Crippen LogP contribution is 2.18. The van der Waals surface area contributed by atoms with Crippen molar-refractivity contribution in [2.75, 3.05) is 11.9 Å². The van der Waals surface area contributed by atoms with E-state index in [0.29, 0.717) is 0 Å². The number of nitrogens with one attached hydrogen (secondary N) is 1. The number of thioether (sulfide) groups is 1. The first-order chi connectivity index (χ1) is 11.6. The topological polar surface area (TPSA) is 55.4 Å². The van der Waals surface area contributed by atoms with Gasteiger partial charge in [0.2, 0.25) is 0 Å². The van der Waals surface area contributed by atoms with E-state index in [1.807, 2.05) is 62.4 Å². The van der Waals surface area contributed by atoms with Gasteiger partial charge in [0, 0.05) is 16.7 Å². The van der Waals surface area contributed by atoms with Crippen molar-refractivity contribution in [2.24, 2.45) is 0 Å². The van der Waals surface area contributed by atoms with Crippen LogP contribution in [0.1, 0.15) is 11.1 Å². The first kappa shape index (κ1) is 17.8. The minimum atomic E-state index is -0.547. The molecule has 2 aromatic rings. The predicted octanol–water partition coefficient (Wildman–Crippen LogP) is 4.09. The maximum absolute atomic E-state index is 11.9. The first-order valence-corrected chi connectivity index (χ1v) is 8.35. The lowest BCUT2D eigenvalue weighted by Crippen LogP contribution is -2.20. The van der Waals surface area contributed by atoms with Gasteiger partial charge in [0.15, 0.2) is 6.61 Å². The van der Waals surface area contributed by atoms with Crippen LogP contribution >= 0.6 is 11.8 Å². The minimum absolute atomic E-state index is 0.313. The molecule has 0 aromatic heterocycles. The fourth-order valence-corrected chi connectivity index (χ4v) is 2.58. The van der Waals surface area contributed by atoms with Crippen LogP contribution in [0.2, 0.25) is 0 Å². The van der Waals surface area contributed by atoms with Crippen molar-refractivity contribution in [3.05, 3.63) is 71.1 Å². The second-order valence-electron chi connectivity index (χ2n) is 5.14. The number of anilines is 1. The van der Waals surface area contributed by atoms with Crippen LogP contribution in [0.5, 0.6) is 0 Å². The number of amides is 1. The molecule has 2 aromatic carbocycles. The van der Waals surface area contributed by atoms with E-state index in [9.17, 15) is 9.59 Å². The second kappa shape index (κ2) is 8.93. The second-order valence-corrected chi connectivity index (χ2v) is 6.12. The molecular weight excluding hydrogens is 322 g/mol. The number of ether oxygens (including phenoxy) is 1. The SMILES string of the molecule is Cc1cccc(NC(=O)COC(=O)/C=C/Sc2ccccc2)c1C. The van der Waals surface area contributed by atoms with Crippen LogP contribution in [0.15, 0.2) is 64.9 Å². The third kappa shape index (κ3) is 5.59. The molecule has 124 valence electrons. The highest BCUT2D eigenvalue weighted by atomic mass is 32.2. The van der Waals surface area contributed by atoms with Crippen molar-refractivity contribution in [3.8, 4) is 0 Å². The Morgan fingerprint density at radius 1 is 1.08 bits per heavy atom. The molecule has 5 heteroatoms. The summed E-state index contributed by atoms with van der Waals surface area (Å²) in [4.78, 5) is 24.5. The first-order valence-electron chi connectivity index (χ1n) is 7.47. The van der Waals surface area contributed by atoms with Gasteiger partial charge >= 0.3 is 5.97 Å². The fraction of sp³-hybridized carbons (Fsp3) is 0.158. The van der Waals surface area contributed by atoms with Gasteiger partial charge in [-0.05, 0) is 48.6 Å². The molecule has 0 radical (unpaired) electrons. The molecule has 0 aliphatic heterocycles. The molecule has 1 amide bonds. The van der Waals surface area contributed by atoms with E-state index < -0.39 is 5.97 Å². The van der Waals surface area contributed by atoms with Gasteiger partial charge in [-0.2, -0.15) is 0 Å². The average molecular weight is 341 g/mol. The number of carbonyl (C=O) groups is 2. The van der Waals surface area contributed by atoms with Gasteiger partial charge in [-0.3, -0.25) is 4.79 Å². The molecule has 0 aliphatic rings. The molecule has 4 nitrogen and oxygen atoms in total. The van der Waals surface area contributed by atoms with Crippen molar-refractivity contribution in [3.63, 3.8) is 0 Å². The summed E-state index contributed by atoms with van der Waals surface area (Å²) in [6.45, 7) is 3.59. The monoisotopic (exact) mass is 341 g/mol. The highest BCUT2D eigenvalue weighted by Gasteiger charge is 2.08. The Kier molecular flexibility index (Phi) is 6.63. The number of esters is 1. The zero-order valence-corrected chi connectivity index (χ0v) is 14.4. The summed E-state index contributed by atoms with van der Waals surface area (Å²) >= 11 is 1.41. The van der Waals surface area contributed by atoms with Crippen LogP contribution < -0.4 is 5.32 Å². The van der Waals surface area contributed by atoms with E-state index >= 15 is 0 Å². The number of aryl methyl sites for hydroxylation is 1. The third-order valence-electron chi connectivity index (χ3n) is 3.38. The van der Waals surface area contributed by atoms with Crippen LogP contribution in [-0.2, 0) is 14.3 Å². The fourth-order valence-electron chi connectivity index (χ4n) is 1.92. The summed E-state index contributed by atoms with van der Waals surface area (Å²) in [6, 6.07) is 15.3. The Bertz CT molecular complexity index is 742. The summed E-state index contributed by atoms with van der Waals surface area (Å²) in [7, 11) is 0. The third-order valence-corrected chi connectivity index (χ3v) is 4.19. The standard InChI is InChI=1S/C19H19NO3S/c1-14-7-6-10-17(15(14)2)20-18(21)13-23-19(22)11-12-24-16-8-4-3-5-9-16/h3-12H,13H2,1-2H3,(H,20,21)/b12-11+. The summed E-state index contributed by atoms with van der Waals surface area (Å²) in [5, 5.41) is 4.38. The maximum atomic E-state index is 11.9. The van der Waals surface area contributed by atoms with Crippen LogP contribution in [0.3, 0.4) is 0 Å². The molecule has 2 rings (SSSR count). The summed E-state index contributed by atoms with van der Waals surface area (Å²) in [6.07, 6.45) is 1.31. The van der Waals surface area contributed by atoms with Crippen molar-refractivity contribution >= 4 is 29.3 Å². The number of carbonyl (C=O) groups excluding carboxylic acids is 2. The largest absolute Gasteiger partial charge is 0.452 e. The van der Waals surface area contributed by atoms with Crippen LogP contribution in [-0.4, -0.2) is 18.5 Å². The average Bonchev–Trinajstić information content (AvgIpc) is 2.58. The number of rotatable bonds is 6. The van der Waals surface area contributed by atoms with Crippen molar-refractivity contribution < 1.29 is 14.3 Å². The van der Waals surface area contributed by atoms with Crippen molar-refractivity contribution in [1.29, 1.82) is 0 Å². The van der Waals surface area contributed by atoms with Gasteiger partial charge in [0.1, 0.15) is 0 Å². The van der Waals surface area contributed by atoms with Gasteiger partial charge in [-0.25, -0.2) is 4.79 Å². The number of benzene rings is 2. The lowest BCUT2D eigenvalue weighted by atomic mass is 10.1. The molecule has 0 heterocycles. The molecular formula is C19H19NO3S. The molecule has 0 spiro atoms. The molecule has 0 aliphatic carbocycles. The van der Waals surface area contributed by atoms with Gasteiger partial charge in [-0.1, -0.05) is 42.1 Å². The molecule has 1 N–H and O–H groups in total. The lowest BCUT2D eigenvalue weighted by molar-refractivity contribution is -0.142. The van der Waals surface area contributed by atoms with Gasteiger partial charge < -0.3 is 10.1 Å². The Balaban J connectivity index is 1.77. The normalized spacial score (nSPS) is 10.6. The Labute approximate surface area is 145 Å². The number of hydrogen-bond donors (Lipinski definition) is 1. The molecule has 0 bridgehead atoms. The van der Waals surface area contributed by atoms with Crippen LogP contribution in [0.25, 0.3) is 0 Å². The summed E-state index contributed by atoms with van der Waals surface area (Å²) in [5.74, 6) is -0.907. The van der Waals surface area contributed by atoms with Crippen molar-refractivity contribution in [1.82, 2.24) is 0 Å². The van der Waals surface area contributed by atoms with Gasteiger partial charge in [0.05, 0.1) is 0 Å².